The van der Waals surface area contributed by atoms with Gasteiger partial charge in [-0.25, -0.2) is 0 Å². The van der Waals surface area contributed by atoms with Crippen molar-refractivity contribution in [1.29, 1.82) is 0 Å². The molecule has 0 spiro atoms. The van der Waals surface area contributed by atoms with Crippen LogP contribution >= 0.6 is 27.5 Å². The zero-order valence-electron chi connectivity index (χ0n) is 18.0. The number of para-hydroxylation sites is 1. The second-order valence-corrected chi connectivity index (χ2v) is 9.64. The number of nitrogens with zero attached hydrogens (tertiary/aromatic N) is 2. The molecule has 7 heteroatoms. The second kappa shape index (κ2) is 8.93. The fourth-order valence-electron chi connectivity index (χ4n) is 4.69. The van der Waals surface area contributed by atoms with Crippen molar-refractivity contribution in [2.24, 2.45) is 0 Å². The van der Waals surface area contributed by atoms with Crippen LogP contribution in [0.3, 0.4) is 0 Å². The molecule has 166 valence electrons. The van der Waals surface area contributed by atoms with Crippen LogP contribution in [0.25, 0.3) is 16.5 Å². The van der Waals surface area contributed by atoms with Gasteiger partial charge in [0, 0.05) is 53.4 Å². The van der Waals surface area contributed by atoms with Crippen LogP contribution in [0.4, 0.5) is 0 Å². The molecule has 0 radical (unpaired) electrons. The van der Waals surface area contributed by atoms with Gasteiger partial charge in [-0.15, -0.1) is 0 Å². The van der Waals surface area contributed by atoms with E-state index in [4.69, 9.17) is 16.3 Å². The maximum atomic E-state index is 13.0. The van der Waals surface area contributed by atoms with E-state index in [0.717, 1.165) is 41.1 Å². The third kappa shape index (κ3) is 4.07. The standard InChI is InChI=1S/C25H25BrClN3O2/c1-16-23(19-6-5-18(27)15-22(19)28-16)17-7-9-29(10-8-17)11-12-30-13-14-32-24-20(25(30)31)3-2-4-21(24)26/h2-7,15,28H,8-14H2,1H3. The Hall–Kier alpha value is -2.28. The smallest absolute Gasteiger partial charge is 0.257 e. The average molecular weight is 515 g/mol. The number of fused-ring (bicyclic) bond motifs is 2. The van der Waals surface area contributed by atoms with Crippen molar-refractivity contribution in [3.8, 4) is 5.75 Å². The number of hydrogen-bond acceptors (Lipinski definition) is 3. The Morgan fingerprint density at radius 3 is 2.88 bits per heavy atom. The minimum atomic E-state index is 0.0418. The van der Waals surface area contributed by atoms with Gasteiger partial charge in [0.15, 0.2) is 0 Å². The number of carbonyl (C=O) groups is 1. The van der Waals surface area contributed by atoms with Crippen LogP contribution in [0.1, 0.15) is 28.0 Å². The van der Waals surface area contributed by atoms with Crippen LogP contribution in [0, 0.1) is 6.92 Å². The van der Waals surface area contributed by atoms with Crippen LogP contribution in [-0.2, 0) is 0 Å². The van der Waals surface area contributed by atoms with E-state index in [9.17, 15) is 4.79 Å². The first kappa shape index (κ1) is 21.6. The van der Waals surface area contributed by atoms with Gasteiger partial charge in [0.1, 0.15) is 12.4 Å². The van der Waals surface area contributed by atoms with Crippen molar-refractivity contribution < 1.29 is 9.53 Å². The van der Waals surface area contributed by atoms with Crippen LogP contribution in [0.15, 0.2) is 46.9 Å². The van der Waals surface area contributed by atoms with Gasteiger partial charge >= 0.3 is 0 Å². The van der Waals surface area contributed by atoms with E-state index in [1.54, 1.807) is 0 Å². The molecule has 0 saturated heterocycles. The summed E-state index contributed by atoms with van der Waals surface area (Å²) in [4.78, 5) is 20.8. The third-order valence-electron chi connectivity index (χ3n) is 6.34. The van der Waals surface area contributed by atoms with Gasteiger partial charge in [0.25, 0.3) is 5.91 Å². The lowest BCUT2D eigenvalue weighted by atomic mass is 9.96. The Kier molecular flexibility index (Phi) is 6.01. The molecule has 1 aromatic heterocycles. The number of hydrogen-bond donors (Lipinski definition) is 1. The molecule has 0 bridgehead atoms. The largest absolute Gasteiger partial charge is 0.490 e. The van der Waals surface area contributed by atoms with E-state index in [0.29, 0.717) is 31.0 Å². The van der Waals surface area contributed by atoms with Crippen molar-refractivity contribution in [2.75, 3.05) is 39.3 Å². The number of carbonyl (C=O) groups excluding carboxylic acids is 1. The molecule has 0 atom stereocenters. The molecule has 0 fully saturated rings. The molecule has 2 aliphatic rings. The van der Waals surface area contributed by atoms with Crippen molar-refractivity contribution in [3.63, 3.8) is 0 Å². The van der Waals surface area contributed by atoms with E-state index in [1.165, 1.54) is 22.2 Å². The molecular formula is C25H25BrClN3O2. The fourth-order valence-corrected chi connectivity index (χ4v) is 5.34. The molecule has 3 aromatic rings. The average Bonchev–Trinajstić information content (AvgIpc) is 3.01. The van der Waals surface area contributed by atoms with E-state index in [1.807, 2.05) is 35.2 Å². The maximum Gasteiger partial charge on any atom is 0.257 e. The Morgan fingerprint density at radius 2 is 2.06 bits per heavy atom. The van der Waals surface area contributed by atoms with Crippen molar-refractivity contribution >= 4 is 49.9 Å². The van der Waals surface area contributed by atoms with E-state index >= 15 is 0 Å². The summed E-state index contributed by atoms with van der Waals surface area (Å²) >= 11 is 9.65. The molecule has 5 nitrogen and oxygen atoms in total. The number of amides is 1. The summed E-state index contributed by atoms with van der Waals surface area (Å²) in [6, 6.07) is 11.7. The monoisotopic (exact) mass is 513 g/mol. The van der Waals surface area contributed by atoms with Gasteiger partial charge in [-0.05, 0) is 59.1 Å². The fraction of sp³-hybridized carbons (Fsp3) is 0.320. The van der Waals surface area contributed by atoms with E-state index < -0.39 is 0 Å². The van der Waals surface area contributed by atoms with E-state index in [-0.39, 0.29) is 5.91 Å². The van der Waals surface area contributed by atoms with Gasteiger partial charge in [-0.3, -0.25) is 9.69 Å². The minimum Gasteiger partial charge on any atom is -0.490 e. The Morgan fingerprint density at radius 1 is 1.19 bits per heavy atom. The number of aryl methyl sites for hydroxylation is 1. The topological polar surface area (TPSA) is 48.6 Å². The molecule has 0 aliphatic carbocycles. The summed E-state index contributed by atoms with van der Waals surface area (Å²) in [6.07, 6.45) is 3.32. The number of halogens is 2. The number of ether oxygens (including phenoxy) is 1. The second-order valence-electron chi connectivity index (χ2n) is 8.35. The van der Waals surface area contributed by atoms with Crippen LogP contribution in [-0.4, -0.2) is 60.0 Å². The molecule has 1 amide bonds. The number of H-pyrrole nitrogens is 1. The molecule has 0 saturated carbocycles. The Balaban J connectivity index is 1.26. The summed E-state index contributed by atoms with van der Waals surface area (Å²) in [6.45, 7) is 6.64. The van der Waals surface area contributed by atoms with E-state index in [2.05, 4.69) is 44.9 Å². The molecular weight excluding hydrogens is 490 g/mol. The molecule has 2 aliphatic heterocycles. The van der Waals surface area contributed by atoms with Crippen LogP contribution in [0.5, 0.6) is 5.75 Å². The highest BCUT2D eigenvalue weighted by Crippen LogP contribution is 2.34. The number of benzene rings is 2. The van der Waals surface area contributed by atoms with Crippen molar-refractivity contribution in [1.82, 2.24) is 14.8 Å². The van der Waals surface area contributed by atoms with Gasteiger partial charge in [0.05, 0.1) is 16.6 Å². The summed E-state index contributed by atoms with van der Waals surface area (Å²) in [7, 11) is 0. The highest BCUT2D eigenvalue weighted by molar-refractivity contribution is 9.10. The summed E-state index contributed by atoms with van der Waals surface area (Å²) in [5, 5.41) is 1.98. The minimum absolute atomic E-state index is 0.0418. The SMILES string of the molecule is Cc1[nH]c2cc(Cl)ccc2c1C1=CCN(CCN2CCOc3c(Br)cccc3C2=O)CC1. The molecule has 0 unspecified atom stereocenters. The highest BCUT2D eigenvalue weighted by atomic mass is 79.9. The lowest BCUT2D eigenvalue weighted by molar-refractivity contribution is 0.0737. The summed E-state index contributed by atoms with van der Waals surface area (Å²) in [5.41, 5.74) is 5.58. The normalized spacial score (nSPS) is 17.2. The first-order chi connectivity index (χ1) is 15.5. The molecule has 1 N–H and O–H groups in total. The van der Waals surface area contributed by atoms with Gasteiger partial charge in [-0.1, -0.05) is 29.8 Å². The molecule has 2 aromatic carbocycles. The molecule has 5 rings (SSSR count). The summed E-state index contributed by atoms with van der Waals surface area (Å²) < 4.78 is 6.66. The predicted octanol–water partition coefficient (Wildman–Crippen LogP) is 5.52. The number of nitrogens with one attached hydrogen (secondary N) is 1. The van der Waals surface area contributed by atoms with Crippen LogP contribution in [0.2, 0.25) is 5.02 Å². The lowest BCUT2D eigenvalue weighted by Crippen LogP contribution is -2.40. The quantitative estimate of drug-likeness (QED) is 0.499. The van der Waals surface area contributed by atoms with Gasteiger partial charge in [-0.2, -0.15) is 0 Å². The first-order valence-corrected chi connectivity index (χ1v) is 12.1. The van der Waals surface area contributed by atoms with Crippen LogP contribution < -0.4 is 4.74 Å². The van der Waals surface area contributed by atoms with Gasteiger partial charge in [0.2, 0.25) is 0 Å². The first-order valence-electron chi connectivity index (χ1n) is 10.9. The zero-order valence-corrected chi connectivity index (χ0v) is 20.3. The zero-order chi connectivity index (χ0) is 22.2. The maximum absolute atomic E-state index is 13.0. The Bertz CT molecular complexity index is 1220. The van der Waals surface area contributed by atoms with Gasteiger partial charge < -0.3 is 14.6 Å². The lowest BCUT2D eigenvalue weighted by Gasteiger charge is -2.29. The number of aromatic nitrogens is 1. The molecule has 3 heterocycles. The molecule has 32 heavy (non-hydrogen) atoms. The third-order valence-corrected chi connectivity index (χ3v) is 7.20. The summed E-state index contributed by atoms with van der Waals surface area (Å²) in [5.74, 6) is 0.695. The number of rotatable bonds is 4. The Labute approximate surface area is 201 Å². The highest BCUT2D eigenvalue weighted by Gasteiger charge is 2.25. The number of aromatic amines is 1. The predicted molar refractivity (Wildman–Crippen MR) is 133 cm³/mol. The van der Waals surface area contributed by atoms with Crippen molar-refractivity contribution in [3.05, 3.63) is 68.8 Å². The van der Waals surface area contributed by atoms with Crippen molar-refractivity contribution in [2.45, 2.75) is 13.3 Å².